The summed E-state index contributed by atoms with van der Waals surface area (Å²) in [6, 6.07) is 7.24. The summed E-state index contributed by atoms with van der Waals surface area (Å²) in [5.41, 5.74) is 0.681. The molecule has 28 heavy (non-hydrogen) atoms. The molecule has 1 aromatic carbocycles. The van der Waals surface area contributed by atoms with E-state index in [9.17, 15) is 18.0 Å². The van der Waals surface area contributed by atoms with Crippen molar-refractivity contribution in [1.29, 1.82) is 0 Å². The Bertz CT molecular complexity index is 819. The predicted molar refractivity (Wildman–Crippen MR) is 106 cm³/mol. The lowest BCUT2D eigenvalue weighted by Crippen LogP contribution is -2.47. The van der Waals surface area contributed by atoms with Crippen LogP contribution in [0.25, 0.3) is 0 Å². The van der Waals surface area contributed by atoms with E-state index in [1.54, 1.807) is 17.0 Å². The smallest absolute Gasteiger partial charge is 0.265 e. The van der Waals surface area contributed by atoms with E-state index in [1.165, 1.54) is 4.31 Å². The van der Waals surface area contributed by atoms with Gasteiger partial charge < -0.3 is 15.0 Å². The first-order valence-electron chi connectivity index (χ1n) is 9.70. The van der Waals surface area contributed by atoms with Crippen molar-refractivity contribution in [2.45, 2.75) is 38.6 Å². The summed E-state index contributed by atoms with van der Waals surface area (Å²) >= 11 is 0. The molecule has 1 fully saturated rings. The van der Waals surface area contributed by atoms with Gasteiger partial charge in [-0.05, 0) is 31.4 Å². The second kappa shape index (κ2) is 8.91. The number of amides is 2. The number of nitrogens with zero attached hydrogens (tertiary/aromatic N) is 2. The van der Waals surface area contributed by atoms with E-state index in [4.69, 9.17) is 4.74 Å². The number of rotatable bonds is 7. The fourth-order valence-electron chi connectivity index (χ4n) is 3.58. The minimum atomic E-state index is -3.18. The molecule has 2 aliphatic rings. The zero-order chi connectivity index (χ0) is 20.1. The van der Waals surface area contributed by atoms with Gasteiger partial charge in [0.2, 0.25) is 15.9 Å². The van der Waals surface area contributed by atoms with Gasteiger partial charge in [0.15, 0.2) is 6.61 Å². The van der Waals surface area contributed by atoms with E-state index in [0.29, 0.717) is 43.8 Å². The lowest BCUT2D eigenvalue weighted by atomic mass is 10.1. The van der Waals surface area contributed by atoms with E-state index >= 15 is 0 Å². The van der Waals surface area contributed by atoms with Crippen molar-refractivity contribution in [3.63, 3.8) is 0 Å². The Morgan fingerprint density at radius 3 is 2.68 bits per heavy atom. The molecule has 2 heterocycles. The molecule has 0 bridgehead atoms. The maximum absolute atomic E-state index is 12.3. The van der Waals surface area contributed by atoms with Gasteiger partial charge in [-0.3, -0.25) is 9.59 Å². The molecule has 0 aliphatic carbocycles. The quantitative estimate of drug-likeness (QED) is 0.728. The molecule has 3 rings (SSSR count). The highest BCUT2D eigenvalue weighted by Crippen LogP contribution is 2.31. The van der Waals surface area contributed by atoms with Crippen molar-refractivity contribution in [3.8, 4) is 5.75 Å². The number of anilines is 1. The SMILES string of the molecule is CCCS(=O)(=O)N1CCC(NC(=O)CCN2C(=O)COc3ccccc32)CC1. The van der Waals surface area contributed by atoms with E-state index in [-0.39, 0.29) is 43.2 Å². The van der Waals surface area contributed by atoms with E-state index in [1.807, 2.05) is 19.1 Å². The second-order valence-corrected chi connectivity index (χ2v) is 9.20. The molecule has 154 valence electrons. The fourth-order valence-corrected chi connectivity index (χ4v) is 5.12. The summed E-state index contributed by atoms with van der Waals surface area (Å²) in [7, 11) is -3.18. The third kappa shape index (κ3) is 4.82. The molecule has 1 saturated heterocycles. The molecule has 0 atom stereocenters. The summed E-state index contributed by atoms with van der Waals surface area (Å²) in [5.74, 6) is 0.509. The van der Waals surface area contributed by atoms with Crippen LogP contribution in [-0.4, -0.2) is 62.6 Å². The molecular formula is C19H27N3O5S. The van der Waals surface area contributed by atoms with Gasteiger partial charge in [0.1, 0.15) is 5.75 Å². The molecule has 2 amide bonds. The zero-order valence-corrected chi connectivity index (χ0v) is 16.9. The molecular weight excluding hydrogens is 382 g/mol. The van der Waals surface area contributed by atoms with Crippen molar-refractivity contribution < 1.29 is 22.7 Å². The van der Waals surface area contributed by atoms with Gasteiger partial charge in [0.25, 0.3) is 5.91 Å². The molecule has 9 heteroatoms. The molecule has 0 saturated carbocycles. The fraction of sp³-hybridized carbons (Fsp3) is 0.579. The van der Waals surface area contributed by atoms with Crippen LogP contribution in [0.15, 0.2) is 24.3 Å². The van der Waals surface area contributed by atoms with Gasteiger partial charge >= 0.3 is 0 Å². The number of benzene rings is 1. The van der Waals surface area contributed by atoms with Crippen molar-refractivity contribution in [3.05, 3.63) is 24.3 Å². The van der Waals surface area contributed by atoms with E-state index < -0.39 is 10.0 Å². The van der Waals surface area contributed by atoms with E-state index in [2.05, 4.69) is 5.32 Å². The van der Waals surface area contributed by atoms with Crippen molar-refractivity contribution in [2.24, 2.45) is 0 Å². The zero-order valence-electron chi connectivity index (χ0n) is 16.1. The molecule has 2 aliphatic heterocycles. The predicted octanol–water partition coefficient (Wildman–Crippen LogP) is 1.12. The first-order valence-corrected chi connectivity index (χ1v) is 11.3. The van der Waals surface area contributed by atoms with Crippen LogP contribution in [0.1, 0.15) is 32.6 Å². The summed E-state index contributed by atoms with van der Waals surface area (Å²) in [4.78, 5) is 26.1. The monoisotopic (exact) mass is 409 g/mol. The number of para-hydroxylation sites is 2. The lowest BCUT2D eigenvalue weighted by Gasteiger charge is -2.32. The highest BCUT2D eigenvalue weighted by molar-refractivity contribution is 7.89. The average Bonchev–Trinajstić information content (AvgIpc) is 2.67. The number of carbonyl (C=O) groups is 2. The third-order valence-corrected chi connectivity index (χ3v) is 7.12. The van der Waals surface area contributed by atoms with Crippen LogP contribution in [0.5, 0.6) is 5.75 Å². The molecule has 1 N–H and O–H groups in total. The maximum atomic E-state index is 12.3. The number of ether oxygens (including phenoxy) is 1. The summed E-state index contributed by atoms with van der Waals surface area (Å²) in [6.07, 6.45) is 2.00. The van der Waals surface area contributed by atoms with Crippen LogP contribution < -0.4 is 15.0 Å². The number of hydrogen-bond acceptors (Lipinski definition) is 5. The normalized spacial score (nSPS) is 18.5. The van der Waals surface area contributed by atoms with Gasteiger partial charge in [-0.1, -0.05) is 19.1 Å². The van der Waals surface area contributed by atoms with Crippen molar-refractivity contribution in [2.75, 3.05) is 36.9 Å². The van der Waals surface area contributed by atoms with Crippen LogP contribution in [0.2, 0.25) is 0 Å². The van der Waals surface area contributed by atoms with Gasteiger partial charge in [-0.25, -0.2) is 12.7 Å². The maximum Gasteiger partial charge on any atom is 0.265 e. The largest absolute Gasteiger partial charge is 0.482 e. The highest BCUT2D eigenvalue weighted by atomic mass is 32.2. The Morgan fingerprint density at radius 1 is 1.25 bits per heavy atom. The van der Waals surface area contributed by atoms with Crippen molar-refractivity contribution in [1.82, 2.24) is 9.62 Å². The Labute approximate surface area is 165 Å². The second-order valence-electron chi connectivity index (χ2n) is 7.11. The summed E-state index contributed by atoms with van der Waals surface area (Å²) in [5, 5.41) is 2.97. The van der Waals surface area contributed by atoms with Gasteiger partial charge in [0, 0.05) is 32.1 Å². The Kier molecular flexibility index (Phi) is 6.56. The number of piperidine rings is 1. The average molecular weight is 410 g/mol. The number of carbonyl (C=O) groups excluding carboxylic acids is 2. The van der Waals surface area contributed by atoms with E-state index in [0.717, 1.165) is 0 Å². The molecule has 0 aromatic heterocycles. The van der Waals surface area contributed by atoms with Crippen LogP contribution in [0.4, 0.5) is 5.69 Å². The lowest BCUT2D eigenvalue weighted by molar-refractivity contribution is -0.122. The minimum absolute atomic E-state index is 0.0245. The number of fused-ring (bicyclic) bond motifs is 1. The summed E-state index contributed by atoms with van der Waals surface area (Å²) in [6.45, 7) is 2.98. The molecule has 8 nitrogen and oxygen atoms in total. The Hall–Kier alpha value is -2.13. The van der Waals surface area contributed by atoms with Crippen LogP contribution in [-0.2, 0) is 19.6 Å². The Balaban J connectivity index is 1.48. The molecule has 0 unspecified atom stereocenters. The first-order chi connectivity index (χ1) is 13.4. The number of sulfonamides is 1. The van der Waals surface area contributed by atoms with Gasteiger partial charge in [-0.15, -0.1) is 0 Å². The molecule has 0 radical (unpaired) electrons. The van der Waals surface area contributed by atoms with Crippen LogP contribution in [0, 0.1) is 0 Å². The number of nitrogens with one attached hydrogen (secondary N) is 1. The first kappa shape index (κ1) is 20.6. The third-order valence-electron chi connectivity index (χ3n) is 5.05. The molecule has 1 aromatic rings. The summed E-state index contributed by atoms with van der Waals surface area (Å²) < 4.78 is 31.1. The number of hydrogen-bond donors (Lipinski definition) is 1. The standard InChI is InChI=1S/C19H27N3O5S/c1-2-13-28(25,26)21-10-7-15(8-11-21)20-18(23)9-12-22-16-5-3-4-6-17(16)27-14-19(22)24/h3-6,15H,2,7-14H2,1H3,(H,20,23). The van der Waals surface area contributed by atoms with Crippen molar-refractivity contribution >= 4 is 27.5 Å². The topological polar surface area (TPSA) is 96.0 Å². The Morgan fingerprint density at radius 2 is 1.96 bits per heavy atom. The highest BCUT2D eigenvalue weighted by Gasteiger charge is 2.29. The molecule has 0 spiro atoms. The van der Waals surface area contributed by atoms with Crippen LogP contribution in [0.3, 0.4) is 0 Å². The minimum Gasteiger partial charge on any atom is -0.482 e. The van der Waals surface area contributed by atoms with Gasteiger partial charge in [-0.2, -0.15) is 0 Å². The van der Waals surface area contributed by atoms with Crippen LogP contribution >= 0.6 is 0 Å². The van der Waals surface area contributed by atoms with Gasteiger partial charge in [0.05, 0.1) is 11.4 Å².